The quantitative estimate of drug-likeness (QED) is 0.621. The van der Waals surface area contributed by atoms with Crippen molar-refractivity contribution in [2.24, 2.45) is 0 Å². The number of aliphatic hydroxyl groups is 1. The molecule has 4 heteroatoms. The molecule has 14 heavy (non-hydrogen) atoms. The van der Waals surface area contributed by atoms with E-state index < -0.39 is 5.97 Å². The summed E-state index contributed by atoms with van der Waals surface area (Å²) in [4.78, 5) is 12.5. The van der Waals surface area contributed by atoms with Crippen LogP contribution in [0, 0.1) is 0 Å². The SMILES string of the molecule is O=C(O)CCCCCN1CCC(O)C1. The first-order valence-electron chi connectivity index (χ1n) is 5.30. The Balaban J connectivity index is 1.91. The number of rotatable bonds is 6. The lowest BCUT2D eigenvalue weighted by molar-refractivity contribution is -0.137. The minimum atomic E-state index is -0.707. The lowest BCUT2D eigenvalue weighted by Crippen LogP contribution is -2.23. The average molecular weight is 201 g/mol. The second kappa shape index (κ2) is 5.98. The zero-order valence-corrected chi connectivity index (χ0v) is 8.48. The van der Waals surface area contributed by atoms with Crippen molar-refractivity contribution >= 4 is 5.97 Å². The van der Waals surface area contributed by atoms with E-state index in [1.165, 1.54) is 0 Å². The van der Waals surface area contributed by atoms with E-state index in [1.54, 1.807) is 0 Å². The monoisotopic (exact) mass is 201 g/mol. The van der Waals surface area contributed by atoms with Gasteiger partial charge in [-0.3, -0.25) is 4.79 Å². The van der Waals surface area contributed by atoms with Gasteiger partial charge in [-0.05, 0) is 25.8 Å². The molecule has 0 bridgehead atoms. The molecule has 1 heterocycles. The van der Waals surface area contributed by atoms with Crippen LogP contribution in [0.4, 0.5) is 0 Å². The Bertz CT molecular complexity index is 184. The van der Waals surface area contributed by atoms with Gasteiger partial charge >= 0.3 is 5.97 Å². The van der Waals surface area contributed by atoms with E-state index in [0.717, 1.165) is 45.3 Å². The molecule has 4 nitrogen and oxygen atoms in total. The van der Waals surface area contributed by atoms with Gasteiger partial charge in [-0.2, -0.15) is 0 Å². The Morgan fingerprint density at radius 3 is 2.71 bits per heavy atom. The lowest BCUT2D eigenvalue weighted by atomic mass is 10.2. The number of β-amino-alcohol motifs (C(OH)–C–C–N with tert-alkyl or cyclic N) is 1. The molecule has 0 aromatic heterocycles. The van der Waals surface area contributed by atoms with Crippen LogP contribution in [0.2, 0.25) is 0 Å². The van der Waals surface area contributed by atoms with Crippen molar-refractivity contribution in [3.05, 3.63) is 0 Å². The van der Waals surface area contributed by atoms with E-state index in [1.807, 2.05) is 0 Å². The van der Waals surface area contributed by atoms with Gasteiger partial charge in [0.1, 0.15) is 0 Å². The Morgan fingerprint density at radius 2 is 2.14 bits per heavy atom. The number of hydrogen-bond acceptors (Lipinski definition) is 3. The summed E-state index contributed by atoms with van der Waals surface area (Å²) in [5.41, 5.74) is 0. The first-order valence-corrected chi connectivity index (χ1v) is 5.30. The number of nitrogens with zero attached hydrogens (tertiary/aromatic N) is 1. The zero-order valence-electron chi connectivity index (χ0n) is 8.48. The van der Waals surface area contributed by atoms with E-state index >= 15 is 0 Å². The molecule has 0 aliphatic carbocycles. The summed E-state index contributed by atoms with van der Waals surface area (Å²) < 4.78 is 0. The van der Waals surface area contributed by atoms with Crippen molar-refractivity contribution in [1.82, 2.24) is 4.90 Å². The van der Waals surface area contributed by atoms with Crippen molar-refractivity contribution in [2.45, 2.75) is 38.2 Å². The molecule has 1 saturated heterocycles. The molecule has 0 radical (unpaired) electrons. The highest BCUT2D eigenvalue weighted by Gasteiger charge is 2.18. The van der Waals surface area contributed by atoms with Gasteiger partial charge in [0, 0.05) is 19.5 Å². The molecule has 1 aliphatic rings. The van der Waals surface area contributed by atoms with Crippen LogP contribution in [-0.2, 0) is 4.79 Å². The van der Waals surface area contributed by atoms with Crippen molar-refractivity contribution < 1.29 is 15.0 Å². The fourth-order valence-corrected chi connectivity index (χ4v) is 1.80. The average Bonchev–Trinajstić information content (AvgIpc) is 2.50. The molecule has 0 amide bonds. The van der Waals surface area contributed by atoms with Gasteiger partial charge in [0.15, 0.2) is 0 Å². The third-order valence-corrected chi connectivity index (χ3v) is 2.61. The molecule has 0 spiro atoms. The standard InChI is InChI=1S/C10H19NO3/c12-9-5-7-11(8-9)6-3-1-2-4-10(13)14/h9,12H,1-8H2,(H,13,14). The van der Waals surface area contributed by atoms with Gasteiger partial charge in [0.25, 0.3) is 0 Å². The predicted molar refractivity (Wildman–Crippen MR) is 53.2 cm³/mol. The molecule has 2 N–H and O–H groups in total. The summed E-state index contributed by atoms with van der Waals surface area (Å²) in [6.45, 7) is 2.77. The second-order valence-corrected chi connectivity index (χ2v) is 3.95. The topological polar surface area (TPSA) is 60.8 Å². The Labute approximate surface area is 84.5 Å². The molecule has 0 aromatic rings. The van der Waals surface area contributed by atoms with Gasteiger partial charge in [-0.1, -0.05) is 6.42 Å². The molecule has 0 aromatic carbocycles. The van der Waals surface area contributed by atoms with Crippen LogP contribution >= 0.6 is 0 Å². The van der Waals surface area contributed by atoms with Crippen molar-refractivity contribution in [3.8, 4) is 0 Å². The lowest BCUT2D eigenvalue weighted by Gasteiger charge is -2.13. The third kappa shape index (κ3) is 4.58. The highest BCUT2D eigenvalue weighted by molar-refractivity contribution is 5.66. The number of likely N-dealkylation sites (tertiary alicyclic amines) is 1. The summed E-state index contributed by atoms with van der Waals surface area (Å²) in [5.74, 6) is -0.707. The molecule has 82 valence electrons. The summed E-state index contributed by atoms with van der Waals surface area (Å²) in [5, 5.41) is 17.7. The van der Waals surface area contributed by atoms with E-state index in [2.05, 4.69) is 4.90 Å². The minimum absolute atomic E-state index is 0.144. The molecule has 1 atom stereocenters. The number of aliphatic hydroxyl groups excluding tert-OH is 1. The molecular weight excluding hydrogens is 182 g/mol. The number of carboxylic acids is 1. The maximum absolute atomic E-state index is 10.2. The number of carbonyl (C=O) groups is 1. The Morgan fingerprint density at radius 1 is 1.36 bits per heavy atom. The van der Waals surface area contributed by atoms with Crippen LogP contribution in [0.1, 0.15) is 32.1 Å². The largest absolute Gasteiger partial charge is 0.481 e. The van der Waals surface area contributed by atoms with Crippen LogP contribution in [0.5, 0.6) is 0 Å². The van der Waals surface area contributed by atoms with Gasteiger partial charge in [0.2, 0.25) is 0 Å². The molecular formula is C10H19NO3. The second-order valence-electron chi connectivity index (χ2n) is 3.95. The smallest absolute Gasteiger partial charge is 0.303 e. The van der Waals surface area contributed by atoms with Crippen molar-refractivity contribution in [2.75, 3.05) is 19.6 Å². The van der Waals surface area contributed by atoms with Gasteiger partial charge in [-0.15, -0.1) is 0 Å². The van der Waals surface area contributed by atoms with E-state index in [4.69, 9.17) is 5.11 Å². The number of aliphatic carboxylic acids is 1. The van der Waals surface area contributed by atoms with Crippen LogP contribution < -0.4 is 0 Å². The Hall–Kier alpha value is -0.610. The van der Waals surface area contributed by atoms with Gasteiger partial charge < -0.3 is 15.1 Å². The van der Waals surface area contributed by atoms with Gasteiger partial charge in [-0.25, -0.2) is 0 Å². The first kappa shape index (κ1) is 11.5. The number of hydrogen-bond donors (Lipinski definition) is 2. The highest BCUT2D eigenvalue weighted by atomic mass is 16.4. The molecule has 1 fully saturated rings. The third-order valence-electron chi connectivity index (χ3n) is 2.61. The van der Waals surface area contributed by atoms with Gasteiger partial charge in [0.05, 0.1) is 6.10 Å². The van der Waals surface area contributed by atoms with Crippen LogP contribution in [0.25, 0.3) is 0 Å². The normalized spacial score (nSPS) is 22.8. The number of carboxylic acid groups (broad SMARTS) is 1. The van der Waals surface area contributed by atoms with Crippen LogP contribution in [0.3, 0.4) is 0 Å². The van der Waals surface area contributed by atoms with E-state index in [0.29, 0.717) is 0 Å². The zero-order chi connectivity index (χ0) is 10.4. The molecule has 1 rings (SSSR count). The van der Waals surface area contributed by atoms with Crippen molar-refractivity contribution in [1.29, 1.82) is 0 Å². The predicted octanol–water partition coefficient (Wildman–Crippen LogP) is 0.698. The maximum Gasteiger partial charge on any atom is 0.303 e. The van der Waals surface area contributed by atoms with Crippen LogP contribution in [-0.4, -0.2) is 46.8 Å². The highest BCUT2D eigenvalue weighted by Crippen LogP contribution is 2.10. The maximum atomic E-state index is 10.2. The summed E-state index contributed by atoms with van der Waals surface area (Å²) in [6, 6.07) is 0. The van der Waals surface area contributed by atoms with E-state index in [9.17, 15) is 9.90 Å². The molecule has 1 aliphatic heterocycles. The first-order chi connectivity index (χ1) is 6.68. The molecule has 1 unspecified atom stereocenters. The minimum Gasteiger partial charge on any atom is -0.481 e. The van der Waals surface area contributed by atoms with Crippen molar-refractivity contribution in [3.63, 3.8) is 0 Å². The Kier molecular flexibility index (Phi) is 4.90. The summed E-state index contributed by atoms with van der Waals surface area (Å²) >= 11 is 0. The van der Waals surface area contributed by atoms with E-state index in [-0.39, 0.29) is 12.5 Å². The summed E-state index contributed by atoms with van der Waals surface area (Å²) in [6.07, 6.45) is 3.80. The summed E-state index contributed by atoms with van der Waals surface area (Å²) in [7, 11) is 0. The number of unbranched alkanes of at least 4 members (excludes halogenated alkanes) is 2. The molecule has 0 saturated carbocycles. The fourth-order valence-electron chi connectivity index (χ4n) is 1.80. The van der Waals surface area contributed by atoms with Crippen LogP contribution in [0.15, 0.2) is 0 Å². The fraction of sp³-hybridized carbons (Fsp3) is 0.900.